The minimum Gasteiger partial charge on any atom is -0.379 e. The van der Waals surface area contributed by atoms with Crippen molar-refractivity contribution < 1.29 is 4.74 Å². The van der Waals surface area contributed by atoms with Crippen molar-refractivity contribution >= 4 is 29.9 Å². The molecule has 6 heteroatoms. The van der Waals surface area contributed by atoms with Gasteiger partial charge in [-0.05, 0) is 17.5 Å². The van der Waals surface area contributed by atoms with Gasteiger partial charge in [0, 0.05) is 39.3 Å². The third-order valence-corrected chi connectivity index (χ3v) is 3.86. The number of nitrogens with one attached hydrogen (secondary N) is 2. The smallest absolute Gasteiger partial charge is 0.191 e. The second-order valence-corrected chi connectivity index (χ2v) is 5.57. The van der Waals surface area contributed by atoms with Gasteiger partial charge >= 0.3 is 0 Å². The molecule has 0 saturated carbocycles. The van der Waals surface area contributed by atoms with Gasteiger partial charge in [0.25, 0.3) is 0 Å². The number of aliphatic imine (C=N–C) groups is 1. The van der Waals surface area contributed by atoms with E-state index in [1.807, 2.05) is 0 Å². The Morgan fingerprint density at radius 3 is 2.82 bits per heavy atom. The molecular formula is C16H25IN4O. The molecule has 2 aliphatic rings. The molecule has 22 heavy (non-hydrogen) atoms. The van der Waals surface area contributed by atoms with E-state index in [0.29, 0.717) is 0 Å². The summed E-state index contributed by atoms with van der Waals surface area (Å²) in [6.07, 6.45) is 1.13. The number of nitrogens with zero attached hydrogens (tertiary/aromatic N) is 2. The fraction of sp³-hybridized carbons (Fsp3) is 0.562. The lowest BCUT2D eigenvalue weighted by Crippen LogP contribution is -2.40. The summed E-state index contributed by atoms with van der Waals surface area (Å²) in [6, 6.07) is 8.79. The minimum atomic E-state index is 0. The molecule has 2 heterocycles. The van der Waals surface area contributed by atoms with E-state index < -0.39 is 0 Å². The zero-order chi connectivity index (χ0) is 14.3. The van der Waals surface area contributed by atoms with Gasteiger partial charge in [0.05, 0.1) is 13.2 Å². The largest absolute Gasteiger partial charge is 0.379 e. The van der Waals surface area contributed by atoms with Crippen molar-refractivity contribution in [3.05, 3.63) is 35.4 Å². The van der Waals surface area contributed by atoms with Crippen molar-refractivity contribution in [2.24, 2.45) is 4.99 Å². The van der Waals surface area contributed by atoms with Crippen molar-refractivity contribution in [3.8, 4) is 0 Å². The van der Waals surface area contributed by atoms with E-state index in [9.17, 15) is 0 Å². The van der Waals surface area contributed by atoms with Crippen LogP contribution >= 0.6 is 24.0 Å². The second-order valence-electron chi connectivity index (χ2n) is 5.57. The van der Waals surface area contributed by atoms with Crippen molar-refractivity contribution in [1.82, 2.24) is 15.5 Å². The minimum absolute atomic E-state index is 0. The Balaban J connectivity index is 0.00000176. The van der Waals surface area contributed by atoms with Crippen LogP contribution in [-0.2, 0) is 17.8 Å². The summed E-state index contributed by atoms with van der Waals surface area (Å²) in [5.74, 6) is 0.930. The van der Waals surface area contributed by atoms with Gasteiger partial charge in [-0.25, -0.2) is 0 Å². The average Bonchev–Trinajstić information content (AvgIpc) is 2.55. The zero-order valence-electron chi connectivity index (χ0n) is 12.9. The maximum absolute atomic E-state index is 5.40. The van der Waals surface area contributed by atoms with Crippen molar-refractivity contribution in [1.29, 1.82) is 0 Å². The number of morpholine rings is 1. The van der Waals surface area contributed by atoms with Gasteiger partial charge < -0.3 is 15.4 Å². The summed E-state index contributed by atoms with van der Waals surface area (Å²) >= 11 is 0. The Kier molecular flexibility index (Phi) is 7.41. The summed E-state index contributed by atoms with van der Waals surface area (Å²) in [5.41, 5.74) is 2.67. The normalized spacial score (nSPS) is 18.8. The number of hydrogen-bond donors (Lipinski definition) is 2. The molecule has 0 radical (unpaired) electrons. The molecule has 1 aromatic rings. The van der Waals surface area contributed by atoms with Gasteiger partial charge in [-0.3, -0.25) is 9.89 Å². The van der Waals surface area contributed by atoms with Crippen LogP contribution in [-0.4, -0.2) is 50.3 Å². The van der Waals surface area contributed by atoms with Gasteiger partial charge in [0.2, 0.25) is 0 Å². The van der Waals surface area contributed by atoms with Gasteiger partial charge in [-0.1, -0.05) is 24.3 Å². The lowest BCUT2D eigenvalue weighted by atomic mass is 10.1. The van der Waals surface area contributed by atoms with Gasteiger partial charge in [-0.15, -0.1) is 24.0 Å². The van der Waals surface area contributed by atoms with E-state index in [4.69, 9.17) is 4.74 Å². The molecule has 0 unspecified atom stereocenters. The molecule has 5 nitrogen and oxygen atoms in total. The van der Waals surface area contributed by atoms with Crippen molar-refractivity contribution in [2.45, 2.75) is 19.5 Å². The third-order valence-electron chi connectivity index (χ3n) is 3.86. The van der Waals surface area contributed by atoms with E-state index in [2.05, 4.69) is 44.8 Å². The zero-order valence-corrected chi connectivity index (χ0v) is 15.2. The number of hydrogen-bond acceptors (Lipinski definition) is 5. The molecule has 1 saturated heterocycles. The SMILES string of the molecule is I.c1cc(CNC2=NCCCN2)cc(CN2CCOCC2)c1. The standard InChI is InChI=1S/C16H24N4O.HI/c1-3-14(12-19-16-17-5-2-6-18-16)11-15(4-1)13-20-7-9-21-10-8-20;/h1,3-4,11H,2,5-10,12-13H2,(H2,17,18,19);1H. The molecule has 122 valence electrons. The topological polar surface area (TPSA) is 48.9 Å². The molecule has 3 rings (SSSR count). The molecule has 0 spiro atoms. The summed E-state index contributed by atoms with van der Waals surface area (Å²) < 4.78 is 5.40. The second kappa shape index (κ2) is 9.32. The molecule has 2 aliphatic heterocycles. The Morgan fingerprint density at radius 1 is 1.23 bits per heavy atom. The molecule has 0 atom stereocenters. The number of benzene rings is 1. The van der Waals surface area contributed by atoms with E-state index in [0.717, 1.165) is 64.9 Å². The van der Waals surface area contributed by atoms with Crippen LogP contribution in [0.3, 0.4) is 0 Å². The Hall–Kier alpha value is -0.860. The van der Waals surface area contributed by atoms with Crippen molar-refractivity contribution in [2.75, 3.05) is 39.4 Å². The number of rotatable bonds is 4. The van der Waals surface area contributed by atoms with Crippen LogP contribution < -0.4 is 10.6 Å². The lowest BCUT2D eigenvalue weighted by Gasteiger charge is -2.26. The fourth-order valence-corrected chi connectivity index (χ4v) is 2.69. The predicted molar refractivity (Wildman–Crippen MR) is 99.7 cm³/mol. The Morgan fingerprint density at radius 2 is 2.05 bits per heavy atom. The highest BCUT2D eigenvalue weighted by molar-refractivity contribution is 14.0. The number of halogens is 1. The van der Waals surface area contributed by atoms with Crippen LogP contribution in [0, 0.1) is 0 Å². The molecule has 0 aromatic heterocycles. The maximum atomic E-state index is 5.40. The number of guanidine groups is 1. The van der Waals surface area contributed by atoms with Crippen LogP contribution in [0.5, 0.6) is 0 Å². The van der Waals surface area contributed by atoms with Crippen LogP contribution in [0.1, 0.15) is 17.5 Å². The average molecular weight is 416 g/mol. The molecule has 0 bridgehead atoms. The molecule has 1 aromatic carbocycles. The third kappa shape index (κ3) is 5.40. The van der Waals surface area contributed by atoms with Crippen LogP contribution in [0.25, 0.3) is 0 Å². The number of ether oxygens (including phenoxy) is 1. The Labute approximate surface area is 149 Å². The quantitative estimate of drug-likeness (QED) is 0.732. The first-order valence-corrected chi connectivity index (χ1v) is 7.80. The molecule has 2 N–H and O–H groups in total. The highest BCUT2D eigenvalue weighted by atomic mass is 127. The first-order valence-electron chi connectivity index (χ1n) is 7.80. The van der Waals surface area contributed by atoms with Crippen molar-refractivity contribution in [3.63, 3.8) is 0 Å². The summed E-state index contributed by atoms with van der Waals surface area (Å²) in [5, 5.41) is 6.66. The summed E-state index contributed by atoms with van der Waals surface area (Å²) in [4.78, 5) is 6.88. The van der Waals surface area contributed by atoms with Gasteiger partial charge in [0.15, 0.2) is 5.96 Å². The first kappa shape index (κ1) is 17.5. The van der Waals surface area contributed by atoms with Crippen LogP contribution in [0.4, 0.5) is 0 Å². The van der Waals surface area contributed by atoms with E-state index >= 15 is 0 Å². The molecule has 0 aliphatic carbocycles. The monoisotopic (exact) mass is 416 g/mol. The predicted octanol–water partition coefficient (Wildman–Crippen LogP) is 1.58. The van der Waals surface area contributed by atoms with Crippen LogP contribution in [0.15, 0.2) is 29.3 Å². The molecule has 1 fully saturated rings. The van der Waals surface area contributed by atoms with E-state index in [-0.39, 0.29) is 24.0 Å². The van der Waals surface area contributed by atoms with Gasteiger partial charge in [-0.2, -0.15) is 0 Å². The molecule has 0 amide bonds. The Bertz CT molecular complexity index is 489. The lowest BCUT2D eigenvalue weighted by molar-refractivity contribution is 0.0342. The first-order chi connectivity index (χ1) is 10.4. The molecular weight excluding hydrogens is 391 g/mol. The maximum Gasteiger partial charge on any atom is 0.191 e. The fourth-order valence-electron chi connectivity index (χ4n) is 2.69. The summed E-state index contributed by atoms with van der Waals surface area (Å²) in [6.45, 7) is 7.54. The van der Waals surface area contributed by atoms with E-state index in [1.165, 1.54) is 11.1 Å². The van der Waals surface area contributed by atoms with Gasteiger partial charge in [0.1, 0.15) is 0 Å². The summed E-state index contributed by atoms with van der Waals surface area (Å²) in [7, 11) is 0. The highest BCUT2D eigenvalue weighted by Crippen LogP contribution is 2.10. The van der Waals surface area contributed by atoms with E-state index in [1.54, 1.807) is 0 Å². The van der Waals surface area contributed by atoms with Crippen LogP contribution in [0.2, 0.25) is 0 Å². The highest BCUT2D eigenvalue weighted by Gasteiger charge is 2.10.